The summed E-state index contributed by atoms with van der Waals surface area (Å²) in [6, 6.07) is 0. The summed E-state index contributed by atoms with van der Waals surface area (Å²) in [6.07, 6.45) is 10.0. The third-order valence-corrected chi connectivity index (χ3v) is 3.72. The van der Waals surface area contributed by atoms with Crippen molar-refractivity contribution in [2.75, 3.05) is 19.7 Å². The Kier molecular flexibility index (Phi) is 7.87. The highest BCUT2D eigenvalue weighted by atomic mass is 16.5. The summed E-state index contributed by atoms with van der Waals surface area (Å²) in [7, 11) is 0. The molecule has 1 atom stereocenters. The van der Waals surface area contributed by atoms with Gasteiger partial charge in [-0.2, -0.15) is 0 Å². The van der Waals surface area contributed by atoms with Crippen molar-refractivity contribution in [2.45, 2.75) is 70.8 Å². The quantitative estimate of drug-likeness (QED) is 0.384. The smallest absolute Gasteiger partial charge is 0.188 e. The Balaban J connectivity index is 2.02. The number of guanidine groups is 1. The molecule has 0 aromatic carbocycles. The van der Waals surface area contributed by atoms with Gasteiger partial charge in [0.15, 0.2) is 5.96 Å². The van der Waals surface area contributed by atoms with Gasteiger partial charge in [-0.25, -0.2) is 0 Å². The molecule has 1 saturated heterocycles. The predicted octanol–water partition coefficient (Wildman–Crippen LogP) is 2.82. The van der Waals surface area contributed by atoms with Crippen LogP contribution in [0.4, 0.5) is 0 Å². The van der Waals surface area contributed by atoms with Crippen LogP contribution in [0.5, 0.6) is 0 Å². The summed E-state index contributed by atoms with van der Waals surface area (Å²) in [6.45, 7) is 6.82. The molecule has 0 aromatic heterocycles. The highest BCUT2D eigenvalue weighted by Crippen LogP contribution is 2.24. The van der Waals surface area contributed by atoms with E-state index in [2.05, 4.69) is 24.2 Å². The van der Waals surface area contributed by atoms with Crippen molar-refractivity contribution in [1.29, 1.82) is 0 Å². The Hall–Kier alpha value is -0.770. The average Bonchev–Trinajstić information content (AvgIpc) is 2.83. The standard InChI is InChI=1S/C15H31N3O/c1-3-4-5-6-7-8-11-17-14(16)18-13-15(2)10-9-12-19-15/h3-13H2,1-2H3,(H3,16,17,18). The van der Waals surface area contributed by atoms with Gasteiger partial charge < -0.3 is 15.8 Å². The monoisotopic (exact) mass is 269 g/mol. The zero-order valence-electron chi connectivity index (χ0n) is 12.7. The van der Waals surface area contributed by atoms with Gasteiger partial charge in [0.2, 0.25) is 0 Å². The van der Waals surface area contributed by atoms with Crippen molar-refractivity contribution >= 4 is 5.96 Å². The van der Waals surface area contributed by atoms with Crippen LogP contribution in [0.25, 0.3) is 0 Å². The van der Waals surface area contributed by atoms with E-state index in [0.29, 0.717) is 12.5 Å². The predicted molar refractivity (Wildman–Crippen MR) is 81.5 cm³/mol. The Morgan fingerprint density at radius 2 is 2.00 bits per heavy atom. The molecule has 1 heterocycles. The van der Waals surface area contributed by atoms with Crippen LogP contribution in [0, 0.1) is 0 Å². The van der Waals surface area contributed by atoms with Gasteiger partial charge in [0.25, 0.3) is 0 Å². The van der Waals surface area contributed by atoms with Crippen LogP contribution >= 0.6 is 0 Å². The molecule has 1 fully saturated rings. The van der Waals surface area contributed by atoms with Gasteiger partial charge in [-0.15, -0.1) is 0 Å². The molecule has 0 saturated carbocycles. The van der Waals surface area contributed by atoms with Crippen LogP contribution < -0.4 is 11.1 Å². The summed E-state index contributed by atoms with van der Waals surface area (Å²) in [5, 5.41) is 3.19. The minimum Gasteiger partial charge on any atom is -0.373 e. The largest absolute Gasteiger partial charge is 0.373 e. The Morgan fingerprint density at radius 1 is 1.26 bits per heavy atom. The Morgan fingerprint density at radius 3 is 2.68 bits per heavy atom. The molecule has 0 bridgehead atoms. The third kappa shape index (κ3) is 7.41. The number of ether oxygens (including phenoxy) is 1. The first-order valence-corrected chi connectivity index (χ1v) is 7.84. The number of aliphatic imine (C=N–C) groups is 1. The maximum atomic E-state index is 5.86. The van der Waals surface area contributed by atoms with E-state index >= 15 is 0 Å². The number of nitrogens with zero attached hydrogens (tertiary/aromatic N) is 1. The fraction of sp³-hybridized carbons (Fsp3) is 0.933. The van der Waals surface area contributed by atoms with Crippen molar-refractivity contribution in [2.24, 2.45) is 10.7 Å². The highest BCUT2D eigenvalue weighted by Gasteiger charge is 2.29. The number of nitrogens with two attached hydrogens (primary N) is 1. The van der Waals surface area contributed by atoms with Gasteiger partial charge in [0, 0.05) is 13.2 Å². The number of rotatable bonds is 9. The molecule has 0 radical (unpaired) electrons. The zero-order valence-corrected chi connectivity index (χ0v) is 12.7. The third-order valence-electron chi connectivity index (χ3n) is 3.72. The van der Waals surface area contributed by atoms with E-state index in [0.717, 1.165) is 26.0 Å². The molecule has 4 nitrogen and oxygen atoms in total. The molecule has 0 amide bonds. The fourth-order valence-corrected chi connectivity index (χ4v) is 2.39. The van der Waals surface area contributed by atoms with E-state index in [1.54, 1.807) is 0 Å². The van der Waals surface area contributed by atoms with Crippen LogP contribution in [0.15, 0.2) is 4.99 Å². The fourth-order valence-electron chi connectivity index (χ4n) is 2.39. The summed E-state index contributed by atoms with van der Waals surface area (Å²) < 4.78 is 5.68. The van der Waals surface area contributed by atoms with Crippen molar-refractivity contribution in [3.8, 4) is 0 Å². The normalized spacial score (nSPS) is 23.8. The second kappa shape index (κ2) is 9.18. The minimum atomic E-state index is -0.0908. The molecule has 112 valence electrons. The van der Waals surface area contributed by atoms with Crippen molar-refractivity contribution in [3.05, 3.63) is 0 Å². The molecule has 19 heavy (non-hydrogen) atoms. The van der Waals surface area contributed by atoms with Gasteiger partial charge in [0.1, 0.15) is 0 Å². The van der Waals surface area contributed by atoms with E-state index in [1.165, 1.54) is 38.5 Å². The summed E-state index contributed by atoms with van der Waals surface area (Å²) in [4.78, 5) is 4.38. The molecule has 0 aliphatic carbocycles. The number of hydrogen-bond donors (Lipinski definition) is 2. The van der Waals surface area contributed by atoms with Crippen LogP contribution in [0.1, 0.15) is 65.2 Å². The van der Waals surface area contributed by atoms with Crippen molar-refractivity contribution in [3.63, 3.8) is 0 Å². The molecule has 0 aromatic rings. The molecule has 0 spiro atoms. The first kappa shape index (κ1) is 16.3. The van der Waals surface area contributed by atoms with E-state index in [4.69, 9.17) is 10.5 Å². The molecule has 1 aliphatic rings. The zero-order chi connectivity index (χ0) is 14.0. The van der Waals surface area contributed by atoms with Crippen LogP contribution in [0.3, 0.4) is 0 Å². The summed E-state index contributed by atoms with van der Waals surface area (Å²) in [5.74, 6) is 0.560. The van der Waals surface area contributed by atoms with Crippen LogP contribution in [-0.4, -0.2) is 31.3 Å². The van der Waals surface area contributed by atoms with E-state index in [9.17, 15) is 0 Å². The van der Waals surface area contributed by atoms with Crippen molar-refractivity contribution < 1.29 is 4.74 Å². The number of hydrogen-bond acceptors (Lipinski definition) is 2. The first-order valence-electron chi connectivity index (χ1n) is 7.84. The summed E-state index contributed by atoms with van der Waals surface area (Å²) in [5.41, 5.74) is 5.77. The highest BCUT2D eigenvalue weighted by molar-refractivity contribution is 5.77. The Bertz CT molecular complexity index is 260. The lowest BCUT2D eigenvalue weighted by Crippen LogP contribution is -2.35. The van der Waals surface area contributed by atoms with Crippen LogP contribution in [-0.2, 0) is 4.74 Å². The van der Waals surface area contributed by atoms with Gasteiger partial charge in [-0.1, -0.05) is 39.0 Å². The summed E-state index contributed by atoms with van der Waals surface area (Å²) >= 11 is 0. The second-order valence-corrected chi connectivity index (χ2v) is 5.80. The van der Waals surface area contributed by atoms with Gasteiger partial charge in [-0.05, 0) is 26.2 Å². The molecule has 4 heteroatoms. The number of unbranched alkanes of at least 4 members (excludes halogenated alkanes) is 5. The molecule has 3 N–H and O–H groups in total. The average molecular weight is 269 g/mol. The Labute approximate surface area is 118 Å². The van der Waals surface area contributed by atoms with Gasteiger partial charge in [0.05, 0.1) is 12.1 Å². The minimum absolute atomic E-state index is 0.0908. The maximum Gasteiger partial charge on any atom is 0.188 e. The van der Waals surface area contributed by atoms with Gasteiger partial charge >= 0.3 is 0 Å². The lowest BCUT2D eigenvalue weighted by molar-refractivity contribution is 0.0284. The SMILES string of the molecule is CCCCCCCCNC(N)=NCC1(C)CCCO1. The van der Waals surface area contributed by atoms with Crippen LogP contribution in [0.2, 0.25) is 0 Å². The maximum absolute atomic E-state index is 5.86. The lowest BCUT2D eigenvalue weighted by atomic mass is 10.0. The van der Waals surface area contributed by atoms with E-state index in [-0.39, 0.29) is 5.60 Å². The molecular formula is C15H31N3O. The van der Waals surface area contributed by atoms with E-state index < -0.39 is 0 Å². The van der Waals surface area contributed by atoms with Gasteiger partial charge in [-0.3, -0.25) is 4.99 Å². The number of nitrogens with one attached hydrogen (secondary N) is 1. The molecule has 1 aliphatic heterocycles. The van der Waals surface area contributed by atoms with Crippen molar-refractivity contribution in [1.82, 2.24) is 5.32 Å². The first-order chi connectivity index (χ1) is 9.16. The molecule has 1 rings (SSSR count). The second-order valence-electron chi connectivity index (χ2n) is 5.80. The molecular weight excluding hydrogens is 238 g/mol. The molecule has 1 unspecified atom stereocenters. The van der Waals surface area contributed by atoms with E-state index in [1.807, 2.05) is 0 Å². The topological polar surface area (TPSA) is 59.6 Å². The lowest BCUT2D eigenvalue weighted by Gasteiger charge is -2.20.